The minimum Gasteiger partial charge on any atom is -0.403 e. The van der Waals surface area contributed by atoms with Gasteiger partial charge in [0.2, 0.25) is 0 Å². The number of hydrogen-bond donors (Lipinski definition) is 0. The number of aryl methyl sites for hydroxylation is 2. The number of ether oxygens (including phenoxy) is 3. The Bertz CT molecular complexity index is 1170. The van der Waals surface area contributed by atoms with Crippen LogP contribution in [0.15, 0.2) is 48.5 Å². The summed E-state index contributed by atoms with van der Waals surface area (Å²) in [6.07, 6.45) is -0.283. The van der Waals surface area contributed by atoms with Crippen molar-refractivity contribution in [1.29, 1.82) is 0 Å². The predicted molar refractivity (Wildman–Crippen MR) is 127 cm³/mol. The molecule has 0 N–H and O–H groups in total. The minimum absolute atomic E-state index is 0.257. The van der Waals surface area contributed by atoms with Crippen LogP contribution in [0.3, 0.4) is 0 Å². The van der Waals surface area contributed by atoms with Crippen molar-refractivity contribution in [2.75, 3.05) is 13.2 Å². The molecule has 0 aromatic heterocycles. The normalized spacial score (nSPS) is 18.5. The average Bonchev–Trinajstić information content (AvgIpc) is 2.85. The first kappa shape index (κ1) is 26.4. The van der Waals surface area contributed by atoms with Crippen molar-refractivity contribution in [2.24, 2.45) is 5.92 Å². The highest BCUT2D eigenvalue weighted by Crippen LogP contribution is 2.31. The van der Waals surface area contributed by atoms with Gasteiger partial charge in [-0.1, -0.05) is 56.5 Å². The van der Waals surface area contributed by atoms with Gasteiger partial charge in [0.15, 0.2) is 17.9 Å². The van der Waals surface area contributed by atoms with Gasteiger partial charge in [-0.15, -0.1) is 13.2 Å². The molecule has 0 saturated carbocycles. The first-order valence-electron chi connectivity index (χ1n) is 12.2. The fraction of sp³-hybridized carbons (Fsp3) is 0.429. The molecule has 3 aromatic rings. The van der Waals surface area contributed by atoms with Crippen LogP contribution in [-0.2, 0) is 22.3 Å². The average molecular weight is 509 g/mol. The van der Waals surface area contributed by atoms with Crippen LogP contribution in [0.1, 0.15) is 55.6 Å². The van der Waals surface area contributed by atoms with Crippen LogP contribution >= 0.6 is 0 Å². The molecule has 8 heteroatoms. The van der Waals surface area contributed by atoms with Crippen molar-refractivity contribution in [3.05, 3.63) is 76.9 Å². The second-order valence-corrected chi connectivity index (χ2v) is 9.19. The smallest absolute Gasteiger partial charge is 0.403 e. The van der Waals surface area contributed by atoms with Crippen molar-refractivity contribution < 1.29 is 36.2 Å². The van der Waals surface area contributed by atoms with E-state index < -0.39 is 24.2 Å². The maximum absolute atomic E-state index is 15.2. The molecule has 1 aliphatic rings. The van der Waals surface area contributed by atoms with Crippen molar-refractivity contribution in [3.8, 4) is 5.75 Å². The number of alkyl halides is 3. The van der Waals surface area contributed by atoms with Gasteiger partial charge in [0.1, 0.15) is 5.82 Å². The molecule has 1 aliphatic heterocycles. The number of unbranched alkanes of at least 4 members (excludes halogenated alkanes) is 2. The monoisotopic (exact) mass is 508 g/mol. The molecule has 0 radical (unpaired) electrons. The molecule has 194 valence electrons. The van der Waals surface area contributed by atoms with Crippen LogP contribution in [0, 0.1) is 17.6 Å². The summed E-state index contributed by atoms with van der Waals surface area (Å²) in [6.45, 7) is 3.46. The molecule has 3 aromatic carbocycles. The standard InChI is InChI=1S/C28H29F5O3/c1-2-3-4-5-19-16-34-27(35-17-19)22-11-12-23-21(15-22)10-9-20(26(23)30)8-6-18-7-13-25(24(29)14-18)36-28(31,32)33/h7,9-15,19,27H,2-6,8,16-17H2,1H3. The molecular weight excluding hydrogens is 479 g/mol. The number of rotatable bonds is 9. The number of halogens is 5. The van der Waals surface area contributed by atoms with Gasteiger partial charge >= 0.3 is 6.36 Å². The van der Waals surface area contributed by atoms with Crippen molar-refractivity contribution in [3.63, 3.8) is 0 Å². The number of fused-ring (bicyclic) bond motifs is 1. The first-order chi connectivity index (χ1) is 17.2. The van der Waals surface area contributed by atoms with E-state index in [-0.39, 0.29) is 18.7 Å². The molecule has 36 heavy (non-hydrogen) atoms. The molecule has 0 unspecified atom stereocenters. The van der Waals surface area contributed by atoms with Crippen LogP contribution < -0.4 is 4.74 Å². The summed E-state index contributed by atoms with van der Waals surface area (Å²) in [5.74, 6) is -1.99. The van der Waals surface area contributed by atoms with E-state index in [1.807, 2.05) is 12.1 Å². The summed E-state index contributed by atoms with van der Waals surface area (Å²) >= 11 is 0. The van der Waals surface area contributed by atoms with Gasteiger partial charge in [-0.2, -0.15) is 0 Å². The zero-order chi connectivity index (χ0) is 25.7. The molecular formula is C28H29F5O3. The third kappa shape index (κ3) is 6.73. The third-order valence-corrected chi connectivity index (χ3v) is 6.42. The lowest BCUT2D eigenvalue weighted by molar-refractivity contribution is -0.275. The minimum atomic E-state index is -4.97. The van der Waals surface area contributed by atoms with Gasteiger partial charge in [0.05, 0.1) is 13.2 Å². The Balaban J connectivity index is 1.39. The van der Waals surface area contributed by atoms with Gasteiger partial charge in [0, 0.05) is 16.9 Å². The lowest BCUT2D eigenvalue weighted by Crippen LogP contribution is -2.27. The molecule has 3 nitrogen and oxygen atoms in total. The van der Waals surface area contributed by atoms with Gasteiger partial charge in [-0.05, 0) is 54.0 Å². The summed E-state index contributed by atoms with van der Waals surface area (Å²) in [5.41, 5.74) is 1.71. The molecule has 0 bridgehead atoms. The van der Waals surface area contributed by atoms with E-state index >= 15 is 4.39 Å². The largest absolute Gasteiger partial charge is 0.573 e. The fourth-order valence-electron chi connectivity index (χ4n) is 4.47. The second-order valence-electron chi connectivity index (χ2n) is 9.19. The topological polar surface area (TPSA) is 27.7 Å². The Morgan fingerprint density at radius 1 is 0.917 bits per heavy atom. The molecule has 1 fully saturated rings. The van der Waals surface area contributed by atoms with E-state index in [0.29, 0.717) is 41.0 Å². The quantitative estimate of drug-likeness (QED) is 0.216. The summed E-state index contributed by atoms with van der Waals surface area (Å²) in [7, 11) is 0. The second kappa shape index (κ2) is 11.6. The Morgan fingerprint density at radius 3 is 2.39 bits per heavy atom. The summed E-state index contributed by atoms with van der Waals surface area (Å²) in [5, 5.41) is 1.16. The van der Waals surface area contributed by atoms with E-state index in [1.165, 1.54) is 25.3 Å². The lowest BCUT2D eigenvalue weighted by Gasteiger charge is -2.29. The van der Waals surface area contributed by atoms with E-state index in [0.717, 1.165) is 24.1 Å². The van der Waals surface area contributed by atoms with Crippen molar-refractivity contribution >= 4 is 10.8 Å². The van der Waals surface area contributed by atoms with Gasteiger partial charge < -0.3 is 14.2 Å². The highest BCUT2D eigenvalue weighted by atomic mass is 19.4. The van der Waals surface area contributed by atoms with Gasteiger partial charge in [-0.3, -0.25) is 0 Å². The lowest BCUT2D eigenvalue weighted by atomic mass is 9.98. The van der Waals surface area contributed by atoms with Crippen LogP contribution in [0.2, 0.25) is 0 Å². The Morgan fingerprint density at radius 2 is 1.69 bits per heavy atom. The number of hydrogen-bond acceptors (Lipinski definition) is 3. The Kier molecular flexibility index (Phi) is 8.46. The van der Waals surface area contributed by atoms with Crippen molar-refractivity contribution in [1.82, 2.24) is 0 Å². The van der Waals surface area contributed by atoms with Crippen LogP contribution in [0.25, 0.3) is 10.8 Å². The maximum atomic E-state index is 15.2. The van der Waals surface area contributed by atoms with Crippen LogP contribution in [0.5, 0.6) is 5.75 Å². The summed E-state index contributed by atoms with van der Waals surface area (Å²) in [4.78, 5) is 0. The molecule has 0 aliphatic carbocycles. The zero-order valence-electron chi connectivity index (χ0n) is 20.0. The molecule has 0 amide bonds. The van der Waals surface area contributed by atoms with E-state index in [4.69, 9.17) is 9.47 Å². The van der Waals surface area contributed by atoms with Gasteiger partial charge in [0.25, 0.3) is 0 Å². The Labute approximate surface area is 207 Å². The Hall–Kier alpha value is -2.71. The molecule has 0 atom stereocenters. The molecule has 4 rings (SSSR count). The van der Waals surface area contributed by atoms with E-state index in [1.54, 1.807) is 18.2 Å². The van der Waals surface area contributed by atoms with Crippen LogP contribution in [0.4, 0.5) is 22.0 Å². The summed E-state index contributed by atoms with van der Waals surface area (Å²) in [6, 6.07) is 12.1. The molecule has 0 spiro atoms. The maximum Gasteiger partial charge on any atom is 0.573 e. The van der Waals surface area contributed by atoms with E-state index in [9.17, 15) is 17.6 Å². The first-order valence-corrected chi connectivity index (χ1v) is 12.2. The molecule has 1 saturated heterocycles. The predicted octanol–water partition coefficient (Wildman–Crippen LogP) is 8.04. The zero-order valence-corrected chi connectivity index (χ0v) is 20.0. The SMILES string of the molecule is CCCCCC1COC(c2ccc3c(F)c(CCc4ccc(OC(F)(F)F)c(F)c4)ccc3c2)OC1. The fourth-order valence-corrected chi connectivity index (χ4v) is 4.47. The van der Waals surface area contributed by atoms with Crippen LogP contribution in [-0.4, -0.2) is 19.6 Å². The number of benzene rings is 3. The van der Waals surface area contributed by atoms with Crippen molar-refractivity contribution in [2.45, 2.75) is 58.1 Å². The summed E-state index contributed by atoms with van der Waals surface area (Å²) < 4.78 is 81.6. The molecule has 1 heterocycles. The highest BCUT2D eigenvalue weighted by molar-refractivity contribution is 5.84. The highest BCUT2D eigenvalue weighted by Gasteiger charge is 2.32. The van der Waals surface area contributed by atoms with Gasteiger partial charge in [-0.25, -0.2) is 8.78 Å². The third-order valence-electron chi connectivity index (χ3n) is 6.42. The van der Waals surface area contributed by atoms with E-state index in [2.05, 4.69) is 11.7 Å².